The summed E-state index contributed by atoms with van der Waals surface area (Å²) in [5.74, 6) is -0.347. The number of phenolic OH excluding ortho intramolecular Hbond substituents is 1. The number of hydrogen-bond acceptors (Lipinski definition) is 4. The minimum atomic E-state index is -0.638. The standard InChI is InChI=1S/C17H26FN3O3/c1-3-19-17(20-9-13-4-5-16(22)15(18)8-13)21-12(2)10-24-14-6-7-23-11-14/h4-5,8,12,14,22H,3,6-7,9-11H2,1-2H3,(H2,19,20,21). The average molecular weight is 339 g/mol. The van der Waals surface area contributed by atoms with Gasteiger partial charge in [-0.1, -0.05) is 6.07 Å². The molecule has 24 heavy (non-hydrogen) atoms. The molecule has 0 aliphatic carbocycles. The van der Waals surface area contributed by atoms with Crippen molar-refractivity contribution in [2.24, 2.45) is 4.99 Å². The first-order valence-corrected chi connectivity index (χ1v) is 8.30. The van der Waals surface area contributed by atoms with Gasteiger partial charge in [-0.3, -0.25) is 0 Å². The van der Waals surface area contributed by atoms with Crippen LogP contribution in [0, 0.1) is 5.82 Å². The molecule has 0 saturated carbocycles. The molecule has 0 amide bonds. The molecule has 6 nitrogen and oxygen atoms in total. The molecule has 1 aromatic carbocycles. The van der Waals surface area contributed by atoms with E-state index in [-0.39, 0.29) is 17.9 Å². The van der Waals surface area contributed by atoms with E-state index in [0.29, 0.717) is 31.3 Å². The lowest BCUT2D eigenvalue weighted by molar-refractivity contribution is 0.0347. The highest BCUT2D eigenvalue weighted by atomic mass is 19.1. The fraction of sp³-hybridized carbons (Fsp3) is 0.588. The number of hydrogen-bond donors (Lipinski definition) is 3. The molecule has 1 aliphatic rings. The number of aromatic hydroxyl groups is 1. The van der Waals surface area contributed by atoms with Crippen LogP contribution in [0.25, 0.3) is 0 Å². The molecular formula is C17H26FN3O3. The third-order valence-corrected chi connectivity index (χ3v) is 3.63. The fourth-order valence-electron chi connectivity index (χ4n) is 2.34. The molecule has 2 atom stereocenters. The monoisotopic (exact) mass is 339 g/mol. The summed E-state index contributed by atoms with van der Waals surface area (Å²) in [7, 11) is 0. The van der Waals surface area contributed by atoms with Gasteiger partial charge in [0, 0.05) is 19.2 Å². The van der Waals surface area contributed by atoms with Crippen molar-refractivity contribution in [1.29, 1.82) is 0 Å². The van der Waals surface area contributed by atoms with Crippen LogP contribution in [0.5, 0.6) is 5.75 Å². The Bertz CT molecular complexity index is 548. The van der Waals surface area contributed by atoms with Crippen LogP contribution in [0.2, 0.25) is 0 Å². The van der Waals surface area contributed by atoms with E-state index in [1.165, 1.54) is 12.1 Å². The molecule has 1 heterocycles. The van der Waals surface area contributed by atoms with Crippen LogP contribution in [0.4, 0.5) is 4.39 Å². The highest BCUT2D eigenvalue weighted by Gasteiger charge is 2.17. The van der Waals surface area contributed by atoms with Gasteiger partial charge in [-0.25, -0.2) is 9.38 Å². The first-order valence-electron chi connectivity index (χ1n) is 8.30. The minimum absolute atomic E-state index is 0.0833. The summed E-state index contributed by atoms with van der Waals surface area (Å²) >= 11 is 0. The first kappa shape index (κ1) is 18.5. The van der Waals surface area contributed by atoms with Crippen molar-refractivity contribution in [3.8, 4) is 5.75 Å². The van der Waals surface area contributed by atoms with E-state index in [1.807, 2.05) is 13.8 Å². The zero-order valence-corrected chi connectivity index (χ0v) is 14.2. The molecular weight excluding hydrogens is 313 g/mol. The van der Waals surface area contributed by atoms with Gasteiger partial charge in [0.05, 0.1) is 25.9 Å². The second-order valence-corrected chi connectivity index (χ2v) is 5.85. The summed E-state index contributed by atoms with van der Waals surface area (Å²) in [5.41, 5.74) is 0.689. The Kier molecular flexibility index (Phi) is 7.27. The molecule has 1 saturated heterocycles. The Morgan fingerprint density at radius 3 is 3.04 bits per heavy atom. The number of phenols is 1. The van der Waals surface area contributed by atoms with Crippen molar-refractivity contribution in [2.45, 2.75) is 39.0 Å². The quantitative estimate of drug-likeness (QED) is 0.522. The number of guanidine groups is 1. The van der Waals surface area contributed by atoms with Crippen LogP contribution < -0.4 is 10.6 Å². The van der Waals surface area contributed by atoms with E-state index in [1.54, 1.807) is 6.07 Å². The Hall–Kier alpha value is -1.86. The summed E-state index contributed by atoms with van der Waals surface area (Å²) in [6, 6.07) is 4.35. The van der Waals surface area contributed by atoms with E-state index < -0.39 is 5.82 Å². The van der Waals surface area contributed by atoms with E-state index >= 15 is 0 Å². The molecule has 134 valence electrons. The van der Waals surface area contributed by atoms with Gasteiger partial charge < -0.3 is 25.2 Å². The molecule has 3 N–H and O–H groups in total. The van der Waals surface area contributed by atoms with Crippen molar-refractivity contribution in [1.82, 2.24) is 10.6 Å². The van der Waals surface area contributed by atoms with Crippen LogP contribution in [0.15, 0.2) is 23.2 Å². The second-order valence-electron chi connectivity index (χ2n) is 5.85. The minimum Gasteiger partial charge on any atom is -0.505 e. The van der Waals surface area contributed by atoms with E-state index in [9.17, 15) is 9.50 Å². The maximum absolute atomic E-state index is 13.4. The van der Waals surface area contributed by atoms with Crippen LogP contribution in [0.3, 0.4) is 0 Å². The van der Waals surface area contributed by atoms with Crippen molar-refractivity contribution >= 4 is 5.96 Å². The Labute approximate surface area is 142 Å². The van der Waals surface area contributed by atoms with Crippen molar-refractivity contribution in [3.63, 3.8) is 0 Å². The Morgan fingerprint density at radius 1 is 1.54 bits per heavy atom. The number of benzene rings is 1. The number of rotatable bonds is 7. The van der Waals surface area contributed by atoms with Crippen molar-refractivity contribution in [2.75, 3.05) is 26.4 Å². The molecule has 0 radical (unpaired) electrons. The Balaban J connectivity index is 1.85. The number of nitrogens with zero attached hydrogens (tertiary/aromatic N) is 1. The van der Waals surface area contributed by atoms with E-state index in [4.69, 9.17) is 9.47 Å². The molecule has 1 aliphatic heterocycles. The van der Waals surface area contributed by atoms with Gasteiger partial charge >= 0.3 is 0 Å². The Morgan fingerprint density at radius 2 is 2.38 bits per heavy atom. The van der Waals surface area contributed by atoms with Gasteiger partial charge in [-0.15, -0.1) is 0 Å². The lowest BCUT2D eigenvalue weighted by Crippen LogP contribution is -2.44. The summed E-state index contributed by atoms with van der Waals surface area (Å²) in [4.78, 5) is 4.44. The lowest BCUT2D eigenvalue weighted by Gasteiger charge is -2.19. The predicted molar refractivity (Wildman–Crippen MR) is 90.7 cm³/mol. The highest BCUT2D eigenvalue weighted by Crippen LogP contribution is 2.16. The molecule has 1 aromatic rings. The largest absolute Gasteiger partial charge is 0.505 e. The van der Waals surface area contributed by atoms with E-state index in [2.05, 4.69) is 15.6 Å². The SMILES string of the molecule is CCNC(=NCc1ccc(O)c(F)c1)NC(C)COC1CCOC1. The third kappa shape index (κ3) is 5.98. The lowest BCUT2D eigenvalue weighted by atomic mass is 10.2. The molecule has 0 spiro atoms. The van der Waals surface area contributed by atoms with Crippen LogP contribution in [0.1, 0.15) is 25.8 Å². The molecule has 2 rings (SSSR count). The number of nitrogens with one attached hydrogen (secondary N) is 2. The van der Waals surface area contributed by atoms with Crippen LogP contribution in [-0.2, 0) is 16.0 Å². The molecule has 1 fully saturated rings. The zero-order valence-electron chi connectivity index (χ0n) is 14.2. The van der Waals surface area contributed by atoms with Gasteiger partial charge in [-0.2, -0.15) is 0 Å². The second kappa shape index (κ2) is 9.44. The maximum atomic E-state index is 13.4. The molecule has 2 unspecified atom stereocenters. The van der Waals surface area contributed by atoms with Crippen LogP contribution in [-0.4, -0.2) is 49.6 Å². The van der Waals surface area contributed by atoms with Crippen molar-refractivity contribution < 1.29 is 19.0 Å². The molecule has 7 heteroatoms. The average Bonchev–Trinajstić information content (AvgIpc) is 3.07. The number of ether oxygens (including phenoxy) is 2. The first-order chi connectivity index (χ1) is 11.6. The van der Waals surface area contributed by atoms with Gasteiger partial charge in [0.2, 0.25) is 0 Å². The number of halogens is 1. The normalized spacial score (nSPS) is 19.3. The van der Waals surface area contributed by atoms with Gasteiger partial charge in [0.25, 0.3) is 0 Å². The summed E-state index contributed by atoms with van der Waals surface area (Å²) < 4.78 is 24.4. The summed E-state index contributed by atoms with van der Waals surface area (Å²) in [5, 5.41) is 15.6. The maximum Gasteiger partial charge on any atom is 0.191 e. The topological polar surface area (TPSA) is 75.1 Å². The predicted octanol–water partition coefficient (Wildman–Crippen LogP) is 1.78. The summed E-state index contributed by atoms with van der Waals surface area (Å²) in [6.45, 7) is 7.02. The van der Waals surface area contributed by atoms with Gasteiger partial charge in [-0.05, 0) is 38.0 Å². The van der Waals surface area contributed by atoms with Gasteiger partial charge in [0.1, 0.15) is 0 Å². The smallest absolute Gasteiger partial charge is 0.191 e. The molecule has 0 bridgehead atoms. The summed E-state index contributed by atoms with van der Waals surface area (Å²) in [6.07, 6.45) is 1.11. The van der Waals surface area contributed by atoms with Crippen LogP contribution >= 0.6 is 0 Å². The van der Waals surface area contributed by atoms with E-state index in [0.717, 1.165) is 19.6 Å². The fourth-order valence-corrected chi connectivity index (χ4v) is 2.34. The van der Waals surface area contributed by atoms with Gasteiger partial charge in [0.15, 0.2) is 17.5 Å². The molecule has 0 aromatic heterocycles. The number of aliphatic imine (C=N–C) groups is 1. The zero-order chi connectivity index (χ0) is 17.4. The highest BCUT2D eigenvalue weighted by molar-refractivity contribution is 5.80. The third-order valence-electron chi connectivity index (χ3n) is 3.63. The van der Waals surface area contributed by atoms with Crippen molar-refractivity contribution in [3.05, 3.63) is 29.6 Å².